The Hall–Kier alpha value is -2.53. The van der Waals surface area contributed by atoms with Gasteiger partial charge in [0.2, 0.25) is 0 Å². The predicted octanol–water partition coefficient (Wildman–Crippen LogP) is 2.97. The predicted molar refractivity (Wildman–Crippen MR) is 82.2 cm³/mol. The lowest BCUT2D eigenvalue weighted by molar-refractivity contribution is 0.0225. The van der Waals surface area contributed by atoms with Crippen LogP contribution in [0.3, 0.4) is 0 Å². The second-order valence-corrected chi connectivity index (χ2v) is 4.74. The normalized spacial score (nSPS) is 13.0. The summed E-state index contributed by atoms with van der Waals surface area (Å²) in [5.41, 5.74) is 9.73. The first-order chi connectivity index (χ1) is 10.7. The number of hydrogen-bond acceptors (Lipinski definition) is 4. The standard InChI is InChI=1S/C16H17N3O3/c17-19-18-10-14(20)16(21)13-8-4-5-9-15(13)22-11-12-6-2-1-3-7-12/h1-9,14,16,20-21H,10-11H2. The number of ether oxygens (including phenoxy) is 1. The number of benzene rings is 2. The molecule has 0 amide bonds. The number of hydrogen-bond donors (Lipinski definition) is 2. The fraction of sp³-hybridized carbons (Fsp3) is 0.250. The zero-order chi connectivity index (χ0) is 15.8. The van der Waals surface area contributed by atoms with Crippen LogP contribution in [0.2, 0.25) is 0 Å². The molecule has 0 saturated heterocycles. The second kappa shape index (κ2) is 8.05. The van der Waals surface area contributed by atoms with Gasteiger partial charge in [-0.2, -0.15) is 0 Å². The van der Waals surface area contributed by atoms with Crippen molar-refractivity contribution in [3.8, 4) is 5.75 Å². The summed E-state index contributed by atoms with van der Waals surface area (Å²) in [5.74, 6) is 0.485. The van der Waals surface area contributed by atoms with Crippen LogP contribution in [0.1, 0.15) is 17.2 Å². The lowest BCUT2D eigenvalue weighted by Crippen LogP contribution is -2.21. The molecule has 0 fully saturated rings. The maximum Gasteiger partial charge on any atom is 0.125 e. The van der Waals surface area contributed by atoms with Crippen molar-refractivity contribution in [3.63, 3.8) is 0 Å². The first-order valence-electron chi connectivity index (χ1n) is 6.85. The molecule has 2 unspecified atom stereocenters. The summed E-state index contributed by atoms with van der Waals surface area (Å²) >= 11 is 0. The first-order valence-corrected chi connectivity index (χ1v) is 6.85. The monoisotopic (exact) mass is 299 g/mol. The van der Waals surface area contributed by atoms with E-state index in [-0.39, 0.29) is 6.54 Å². The summed E-state index contributed by atoms with van der Waals surface area (Å²) < 4.78 is 5.72. The Labute approximate surface area is 128 Å². The smallest absolute Gasteiger partial charge is 0.125 e. The molecule has 2 aromatic carbocycles. The van der Waals surface area contributed by atoms with Gasteiger partial charge in [-0.25, -0.2) is 0 Å². The largest absolute Gasteiger partial charge is 0.489 e. The Morgan fingerprint density at radius 2 is 1.73 bits per heavy atom. The summed E-state index contributed by atoms with van der Waals surface area (Å²) in [6, 6.07) is 16.6. The highest BCUT2D eigenvalue weighted by molar-refractivity contribution is 5.36. The molecule has 0 heterocycles. The van der Waals surface area contributed by atoms with Crippen molar-refractivity contribution in [2.45, 2.75) is 18.8 Å². The number of rotatable bonds is 7. The van der Waals surface area contributed by atoms with Crippen molar-refractivity contribution in [3.05, 3.63) is 76.2 Å². The van der Waals surface area contributed by atoms with Gasteiger partial charge in [0.05, 0.1) is 12.6 Å². The van der Waals surface area contributed by atoms with Gasteiger partial charge >= 0.3 is 0 Å². The zero-order valence-corrected chi connectivity index (χ0v) is 11.9. The lowest BCUT2D eigenvalue weighted by atomic mass is 10.0. The molecule has 0 bridgehead atoms. The number of aliphatic hydroxyl groups is 2. The molecule has 6 heteroatoms. The van der Waals surface area contributed by atoms with Crippen LogP contribution in [0, 0.1) is 0 Å². The molecule has 6 nitrogen and oxygen atoms in total. The van der Waals surface area contributed by atoms with E-state index in [2.05, 4.69) is 10.0 Å². The van der Waals surface area contributed by atoms with Crippen LogP contribution in [0.25, 0.3) is 10.4 Å². The zero-order valence-electron chi connectivity index (χ0n) is 11.9. The molecule has 0 saturated carbocycles. The Kier molecular flexibility index (Phi) is 5.80. The third-order valence-electron chi connectivity index (χ3n) is 3.17. The van der Waals surface area contributed by atoms with Crippen LogP contribution in [0.4, 0.5) is 0 Å². The van der Waals surface area contributed by atoms with Gasteiger partial charge < -0.3 is 14.9 Å². The van der Waals surface area contributed by atoms with Gasteiger partial charge in [-0.3, -0.25) is 0 Å². The molecule has 2 atom stereocenters. The minimum Gasteiger partial charge on any atom is -0.489 e. The van der Waals surface area contributed by atoms with Crippen molar-refractivity contribution in [2.75, 3.05) is 6.54 Å². The van der Waals surface area contributed by atoms with E-state index in [0.717, 1.165) is 5.56 Å². The molecule has 0 spiro atoms. The van der Waals surface area contributed by atoms with Gasteiger partial charge in [-0.05, 0) is 17.2 Å². The summed E-state index contributed by atoms with van der Waals surface area (Å²) in [6.07, 6.45) is -2.37. The van der Waals surface area contributed by atoms with Crippen molar-refractivity contribution in [2.24, 2.45) is 5.11 Å². The molecule has 2 N–H and O–H groups in total. The first kappa shape index (κ1) is 15.9. The number of aliphatic hydroxyl groups excluding tert-OH is 2. The third kappa shape index (κ3) is 4.23. The molecule has 0 aliphatic heterocycles. The molecular formula is C16H17N3O3. The van der Waals surface area contributed by atoms with Crippen molar-refractivity contribution in [1.82, 2.24) is 0 Å². The van der Waals surface area contributed by atoms with Crippen LogP contribution in [0.5, 0.6) is 5.75 Å². The molecule has 0 aliphatic carbocycles. The highest BCUT2D eigenvalue weighted by Gasteiger charge is 2.21. The van der Waals surface area contributed by atoms with E-state index in [1.54, 1.807) is 24.3 Å². The molecule has 2 rings (SSSR count). The molecule has 2 aromatic rings. The van der Waals surface area contributed by atoms with E-state index >= 15 is 0 Å². The molecular weight excluding hydrogens is 282 g/mol. The summed E-state index contributed by atoms with van der Waals surface area (Å²) in [4.78, 5) is 2.57. The summed E-state index contributed by atoms with van der Waals surface area (Å²) in [6.45, 7) is 0.154. The molecule has 0 aromatic heterocycles. The molecule has 0 radical (unpaired) electrons. The number of azide groups is 1. The number of nitrogens with zero attached hydrogens (tertiary/aromatic N) is 3. The van der Waals surface area contributed by atoms with Gasteiger partial charge in [0.1, 0.15) is 18.5 Å². The van der Waals surface area contributed by atoms with Crippen LogP contribution in [0.15, 0.2) is 59.7 Å². The number of para-hydroxylation sites is 1. The van der Waals surface area contributed by atoms with Gasteiger partial charge in [0.15, 0.2) is 0 Å². The minimum absolute atomic E-state index is 0.204. The second-order valence-electron chi connectivity index (χ2n) is 4.74. The van der Waals surface area contributed by atoms with E-state index < -0.39 is 12.2 Å². The highest BCUT2D eigenvalue weighted by Crippen LogP contribution is 2.28. The summed E-state index contributed by atoms with van der Waals surface area (Å²) in [5, 5.41) is 23.3. The fourth-order valence-electron chi connectivity index (χ4n) is 2.02. The lowest BCUT2D eigenvalue weighted by Gasteiger charge is -2.19. The Morgan fingerprint density at radius 1 is 1.05 bits per heavy atom. The van der Waals surface area contributed by atoms with Gasteiger partial charge in [0, 0.05) is 10.5 Å². The molecule has 114 valence electrons. The fourth-order valence-corrected chi connectivity index (χ4v) is 2.02. The van der Waals surface area contributed by atoms with E-state index in [1.165, 1.54) is 0 Å². The quantitative estimate of drug-likeness (QED) is 0.467. The van der Waals surface area contributed by atoms with E-state index in [0.29, 0.717) is 17.9 Å². The third-order valence-corrected chi connectivity index (χ3v) is 3.17. The van der Waals surface area contributed by atoms with E-state index in [9.17, 15) is 10.2 Å². The highest BCUT2D eigenvalue weighted by atomic mass is 16.5. The SMILES string of the molecule is [N-]=[N+]=NCC(O)C(O)c1ccccc1OCc1ccccc1. The average molecular weight is 299 g/mol. The van der Waals surface area contributed by atoms with Crippen molar-refractivity contribution >= 4 is 0 Å². The van der Waals surface area contributed by atoms with Crippen LogP contribution in [-0.2, 0) is 6.61 Å². The van der Waals surface area contributed by atoms with Gasteiger partial charge in [-0.15, -0.1) is 0 Å². The summed E-state index contributed by atoms with van der Waals surface area (Å²) in [7, 11) is 0. The van der Waals surface area contributed by atoms with E-state index in [1.807, 2.05) is 30.3 Å². The molecule has 22 heavy (non-hydrogen) atoms. The maximum atomic E-state index is 10.2. The van der Waals surface area contributed by atoms with Crippen molar-refractivity contribution < 1.29 is 14.9 Å². The Bertz CT molecular complexity index is 642. The minimum atomic E-state index is -1.18. The Balaban J connectivity index is 2.10. The van der Waals surface area contributed by atoms with Crippen LogP contribution >= 0.6 is 0 Å². The maximum absolute atomic E-state index is 10.2. The van der Waals surface area contributed by atoms with Gasteiger partial charge in [-0.1, -0.05) is 53.6 Å². The van der Waals surface area contributed by atoms with Crippen molar-refractivity contribution in [1.29, 1.82) is 0 Å². The van der Waals surface area contributed by atoms with Crippen LogP contribution in [-0.4, -0.2) is 22.9 Å². The molecule has 0 aliphatic rings. The van der Waals surface area contributed by atoms with Crippen LogP contribution < -0.4 is 4.74 Å². The van der Waals surface area contributed by atoms with E-state index in [4.69, 9.17) is 10.3 Å². The topological polar surface area (TPSA) is 98.5 Å². The van der Waals surface area contributed by atoms with Gasteiger partial charge in [0.25, 0.3) is 0 Å². The average Bonchev–Trinajstić information content (AvgIpc) is 2.58. The Morgan fingerprint density at radius 3 is 2.45 bits per heavy atom.